The SMILES string of the molecule is CC(C)C(NC(=O)[C@@H]1C[C@H](c2ccccc2)CN1)C(O)C(N)=O. The van der Waals surface area contributed by atoms with Crippen LogP contribution in [0.5, 0.6) is 0 Å². The third-order valence-corrected chi connectivity index (χ3v) is 4.38. The molecule has 4 atom stereocenters. The smallest absolute Gasteiger partial charge is 0.248 e. The molecule has 0 saturated carbocycles. The van der Waals surface area contributed by atoms with Gasteiger partial charge in [-0.05, 0) is 23.8 Å². The molecule has 6 nitrogen and oxygen atoms in total. The maximum Gasteiger partial charge on any atom is 0.248 e. The van der Waals surface area contributed by atoms with Crippen LogP contribution in [0.25, 0.3) is 0 Å². The number of nitrogens with one attached hydrogen (secondary N) is 2. The van der Waals surface area contributed by atoms with Crippen LogP contribution in [0.2, 0.25) is 0 Å². The number of primary amides is 1. The van der Waals surface area contributed by atoms with Gasteiger partial charge in [-0.15, -0.1) is 0 Å². The molecule has 1 aliphatic rings. The zero-order valence-electron chi connectivity index (χ0n) is 13.5. The second-order valence-corrected chi connectivity index (χ2v) is 6.43. The standard InChI is InChI=1S/C17H25N3O3/c1-10(2)14(15(21)16(18)22)20-17(23)13-8-12(9-19-13)11-6-4-3-5-7-11/h3-7,10,12-15,19,21H,8-9H2,1-2H3,(H2,18,22)(H,20,23)/t12-,13-,14?,15?/m0/s1. The maximum absolute atomic E-state index is 12.4. The third-order valence-electron chi connectivity index (χ3n) is 4.38. The zero-order chi connectivity index (χ0) is 17.0. The van der Waals surface area contributed by atoms with Gasteiger partial charge in [0.2, 0.25) is 11.8 Å². The van der Waals surface area contributed by atoms with Crippen molar-refractivity contribution in [2.75, 3.05) is 6.54 Å². The van der Waals surface area contributed by atoms with E-state index >= 15 is 0 Å². The number of amides is 2. The van der Waals surface area contributed by atoms with E-state index in [9.17, 15) is 14.7 Å². The number of benzene rings is 1. The van der Waals surface area contributed by atoms with Gasteiger partial charge in [0.25, 0.3) is 0 Å². The average Bonchev–Trinajstić information content (AvgIpc) is 3.02. The normalized spacial score (nSPS) is 23.5. The van der Waals surface area contributed by atoms with E-state index in [1.54, 1.807) is 0 Å². The van der Waals surface area contributed by atoms with Crippen LogP contribution in [0.1, 0.15) is 31.7 Å². The summed E-state index contributed by atoms with van der Waals surface area (Å²) in [6.07, 6.45) is -0.696. The van der Waals surface area contributed by atoms with E-state index in [-0.39, 0.29) is 23.8 Å². The summed E-state index contributed by atoms with van der Waals surface area (Å²) in [7, 11) is 0. The fourth-order valence-corrected chi connectivity index (χ4v) is 2.97. The molecule has 126 valence electrons. The number of rotatable bonds is 6. The molecule has 1 saturated heterocycles. The van der Waals surface area contributed by atoms with Gasteiger partial charge in [-0.25, -0.2) is 0 Å². The molecular formula is C17H25N3O3. The third kappa shape index (κ3) is 4.30. The highest BCUT2D eigenvalue weighted by Crippen LogP contribution is 2.25. The molecule has 1 heterocycles. The Kier molecular flexibility index (Phi) is 5.74. The summed E-state index contributed by atoms with van der Waals surface area (Å²) in [5, 5.41) is 15.8. The zero-order valence-corrected chi connectivity index (χ0v) is 13.5. The molecule has 5 N–H and O–H groups in total. The number of aliphatic hydroxyl groups is 1. The summed E-state index contributed by atoms with van der Waals surface area (Å²) >= 11 is 0. The van der Waals surface area contributed by atoms with Crippen LogP contribution >= 0.6 is 0 Å². The molecule has 1 fully saturated rings. The molecule has 0 aromatic heterocycles. The molecule has 1 aromatic carbocycles. The number of nitrogens with two attached hydrogens (primary N) is 1. The second kappa shape index (κ2) is 7.57. The van der Waals surface area contributed by atoms with E-state index in [1.807, 2.05) is 32.0 Å². The minimum atomic E-state index is -1.38. The first-order valence-electron chi connectivity index (χ1n) is 7.96. The van der Waals surface area contributed by atoms with Gasteiger partial charge in [0, 0.05) is 6.54 Å². The predicted octanol–water partition coefficient (Wildman–Crippen LogP) is 0.119. The molecule has 0 spiro atoms. The number of carbonyl (C=O) groups excluding carboxylic acids is 2. The molecule has 6 heteroatoms. The lowest BCUT2D eigenvalue weighted by Gasteiger charge is -2.27. The van der Waals surface area contributed by atoms with Crippen LogP contribution in [-0.2, 0) is 9.59 Å². The summed E-state index contributed by atoms with van der Waals surface area (Å²) in [6.45, 7) is 4.38. The molecule has 2 rings (SSSR count). The molecule has 23 heavy (non-hydrogen) atoms. The highest BCUT2D eigenvalue weighted by molar-refractivity contribution is 5.85. The van der Waals surface area contributed by atoms with Crippen molar-refractivity contribution in [1.82, 2.24) is 10.6 Å². The Morgan fingerprint density at radius 2 is 1.96 bits per heavy atom. The Balaban J connectivity index is 1.97. The van der Waals surface area contributed by atoms with Crippen LogP contribution in [0.4, 0.5) is 0 Å². The van der Waals surface area contributed by atoms with Gasteiger partial charge in [0.05, 0.1) is 12.1 Å². The van der Waals surface area contributed by atoms with Gasteiger partial charge in [0.1, 0.15) is 0 Å². The fourth-order valence-electron chi connectivity index (χ4n) is 2.97. The van der Waals surface area contributed by atoms with E-state index in [0.29, 0.717) is 6.42 Å². The molecule has 0 bridgehead atoms. The van der Waals surface area contributed by atoms with E-state index in [1.165, 1.54) is 5.56 Å². The van der Waals surface area contributed by atoms with Crippen molar-refractivity contribution in [3.63, 3.8) is 0 Å². The van der Waals surface area contributed by atoms with Crippen LogP contribution in [0.3, 0.4) is 0 Å². The highest BCUT2D eigenvalue weighted by Gasteiger charge is 2.34. The van der Waals surface area contributed by atoms with Crippen molar-refractivity contribution in [3.05, 3.63) is 35.9 Å². The van der Waals surface area contributed by atoms with Gasteiger partial charge in [-0.3, -0.25) is 9.59 Å². The Morgan fingerprint density at radius 3 is 2.52 bits per heavy atom. The van der Waals surface area contributed by atoms with Gasteiger partial charge in [-0.2, -0.15) is 0 Å². The second-order valence-electron chi connectivity index (χ2n) is 6.43. The molecular weight excluding hydrogens is 294 g/mol. The summed E-state index contributed by atoms with van der Waals surface area (Å²) in [5.41, 5.74) is 6.35. The quantitative estimate of drug-likeness (QED) is 0.598. The average molecular weight is 319 g/mol. The summed E-state index contributed by atoms with van der Waals surface area (Å²) < 4.78 is 0. The highest BCUT2D eigenvalue weighted by atomic mass is 16.3. The lowest BCUT2D eigenvalue weighted by atomic mass is 9.95. The van der Waals surface area contributed by atoms with E-state index in [2.05, 4.69) is 22.8 Å². The lowest BCUT2D eigenvalue weighted by Crippen LogP contribution is -2.55. The monoisotopic (exact) mass is 319 g/mol. The van der Waals surface area contributed by atoms with Crippen molar-refractivity contribution in [2.24, 2.45) is 11.7 Å². The number of hydrogen-bond acceptors (Lipinski definition) is 4. The van der Waals surface area contributed by atoms with Crippen molar-refractivity contribution < 1.29 is 14.7 Å². The van der Waals surface area contributed by atoms with Crippen LogP contribution in [0, 0.1) is 5.92 Å². The van der Waals surface area contributed by atoms with Gasteiger partial charge in [0.15, 0.2) is 6.10 Å². The topological polar surface area (TPSA) is 104 Å². The number of aliphatic hydroxyl groups excluding tert-OH is 1. The Hall–Kier alpha value is -1.92. The van der Waals surface area contributed by atoms with Crippen LogP contribution < -0.4 is 16.4 Å². The van der Waals surface area contributed by atoms with Gasteiger partial charge >= 0.3 is 0 Å². The first-order chi connectivity index (χ1) is 10.9. The molecule has 1 aliphatic heterocycles. The first kappa shape index (κ1) is 17.4. The Morgan fingerprint density at radius 1 is 1.30 bits per heavy atom. The largest absolute Gasteiger partial charge is 0.381 e. The maximum atomic E-state index is 12.4. The number of carbonyl (C=O) groups is 2. The van der Waals surface area contributed by atoms with Crippen molar-refractivity contribution in [3.8, 4) is 0 Å². The number of hydrogen-bond donors (Lipinski definition) is 4. The predicted molar refractivity (Wildman–Crippen MR) is 87.6 cm³/mol. The first-order valence-corrected chi connectivity index (χ1v) is 7.96. The van der Waals surface area contributed by atoms with Crippen LogP contribution in [-0.4, -0.2) is 41.7 Å². The lowest BCUT2D eigenvalue weighted by molar-refractivity contribution is -0.131. The molecule has 0 radical (unpaired) electrons. The Bertz CT molecular complexity index is 547. The van der Waals surface area contributed by atoms with Crippen LogP contribution in [0.15, 0.2) is 30.3 Å². The summed E-state index contributed by atoms with van der Waals surface area (Å²) in [4.78, 5) is 23.6. The molecule has 1 aromatic rings. The minimum Gasteiger partial charge on any atom is -0.381 e. The van der Waals surface area contributed by atoms with E-state index in [0.717, 1.165) is 6.54 Å². The summed E-state index contributed by atoms with van der Waals surface area (Å²) in [5.74, 6) is -0.855. The van der Waals surface area contributed by atoms with Crippen molar-refractivity contribution in [2.45, 2.75) is 44.4 Å². The minimum absolute atomic E-state index is 0.104. The fraction of sp³-hybridized carbons (Fsp3) is 0.529. The van der Waals surface area contributed by atoms with E-state index < -0.39 is 18.1 Å². The molecule has 2 unspecified atom stereocenters. The molecule has 2 amide bonds. The van der Waals surface area contributed by atoms with Crippen molar-refractivity contribution in [1.29, 1.82) is 0 Å². The molecule has 0 aliphatic carbocycles. The Labute approximate surface area is 136 Å². The van der Waals surface area contributed by atoms with E-state index in [4.69, 9.17) is 5.73 Å². The van der Waals surface area contributed by atoms with Gasteiger partial charge in [-0.1, -0.05) is 44.2 Å². The summed E-state index contributed by atoms with van der Waals surface area (Å²) in [6, 6.07) is 9.04. The van der Waals surface area contributed by atoms with Gasteiger partial charge < -0.3 is 21.5 Å². The van der Waals surface area contributed by atoms with Crippen molar-refractivity contribution >= 4 is 11.8 Å².